The summed E-state index contributed by atoms with van der Waals surface area (Å²) in [5, 5.41) is 5.92. The van der Waals surface area contributed by atoms with Gasteiger partial charge in [0.05, 0.1) is 6.42 Å². The molecule has 1 N–H and O–H groups in total. The molecule has 0 unspecified atom stereocenters. The molecule has 1 aromatic heterocycles. The highest BCUT2D eigenvalue weighted by atomic mass is 35.5. The fourth-order valence-corrected chi connectivity index (χ4v) is 4.48. The Labute approximate surface area is 140 Å². The normalized spacial score (nSPS) is 16.6. The first-order valence-corrected chi connectivity index (χ1v) is 8.99. The maximum atomic E-state index is 12.3. The van der Waals surface area contributed by atoms with Crippen LogP contribution in [0.15, 0.2) is 41.8 Å². The second-order valence-electron chi connectivity index (χ2n) is 6.01. The molecular weight excluding hydrogens is 314 g/mol. The van der Waals surface area contributed by atoms with Crippen LogP contribution in [-0.2, 0) is 16.6 Å². The largest absolute Gasteiger partial charge is 0.355 e. The van der Waals surface area contributed by atoms with Gasteiger partial charge in [0.15, 0.2) is 0 Å². The molecule has 2 aromatic rings. The van der Waals surface area contributed by atoms with Crippen molar-refractivity contribution in [1.29, 1.82) is 0 Å². The third-order valence-electron chi connectivity index (χ3n) is 4.54. The number of rotatable bonds is 5. The number of hydrogen-bond acceptors (Lipinski definition) is 2. The molecular formula is C18H20ClNOS. The highest BCUT2D eigenvalue weighted by molar-refractivity contribution is 7.10. The van der Waals surface area contributed by atoms with E-state index in [0.717, 1.165) is 12.1 Å². The Morgan fingerprint density at radius 3 is 2.64 bits per heavy atom. The van der Waals surface area contributed by atoms with E-state index in [0.29, 0.717) is 11.4 Å². The summed E-state index contributed by atoms with van der Waals surface area (Å²) in [7, 11) is 0. The predicted molar refractivity (Wildman–Crippen MR) is 92.6 cm³/mol. The lowest BCUT2D eigenvalue weighted by molar-refractivity contribution is -0.120. The summed E-state index contributed by atoms with van der Waals surface area (Å²) in [5.41, 5.74) is 1.03. The van der Waals surface area contributed by atoms with Gasteiger partial charge in [0.1, 0.15) is 0 Å². The summed E-state index contributed by atoms with van der Waals surface area (Å²) in [4.78, 5) is 13.7. The molecule has 1 heterocycles. The second-order valence-corrected chi connectivity index (χ2v) is 7.36. The molecule has 1 aromatic carbocycles. The average Bonchev–Trinajstić information content (AvgIpc) is 3.19. The molecule has 116 valence electrons. The van der Waals surface area contributed by atoms with Crippen molar-refractivity contribution in [3.8, 4) is 0 Å². The maximum Gasteiger partial charge on any atom is 0.224 e. The number of hydrogen-bond donors (Lipinski definition) is 1. The van der Waals surface area contributed by atoms with E-state index in [4.69, 9.17) is 11.6 Å². The van der Waals surface area contributed by atoms with Crippen LogP contribution < -0.4 is 5.32 Å². The molecule has 3 rings (SSSR count). The fraction of sp³-hybridized carbons (Fsp3) is 0.389. The maximum absolute atomic E-state index is 12.3. The summed E-state index contributed by atoms with van der Waals surface area (Å²) < 4.78 is 0. The molecule has 1 aliphatic carbocycles. The zero-order valence-electron chi connectivity index (χ0n) is 12.5. The van der Waals surface area contributed by atoms with Crippen LogP contribution in [0.5, 0.6) is 0 Å². The molecule has 2 nitrogen and oxygen atoms in total. The highest BCUT2D eigenvalue weighted by Gasteiger charge is 2.36. The molecule has 1 amide bonds. The molecule has 22 heavy (non-hydrogen) atoms. The Kier molecular flexibility index (Phi) is 4.84. The van der Waals surface area contributed by atoms with Crippen molar-refractivity contribution >= 4 is 28.8 Å². The number of nitrogens with one attached hydrogen (secondary N) is 1. The SMILES string of the molecule is O=C(Cc1ccccc1Cl)NCC1(c2cccs2)CCCC1. The zero-order chi connectivity index (χ0) is 15.4. The smallest absolute Gasteiger partial charge is 0.224 e. The predicted octanol–water partition coefficient (Wildman–Crippen LogP) is 4.57. The Morgan fingerprint density at radius 1 is 1.18 bits per heavy atom. The lowest BCUT2D eigenvalue weighted by Crippen LogP contribution is -2.39. The number of amides is 1. The molecule has 1 aliphatic rings. The third-order valence-corrected chi connectivity index (χ3v) is 6.02. The topological polar surface area (TPSA) is 29.1 Å². The van der Waals surface area contributed by atoms with Crippen LogP contribution in [0.1, 0.15) is 36.1 Å². The molecule has 4 heteroatoms. The zero-order valence-corrected chi connectivity index (χ0v) is 14.1. The van der Waals surface area contributed by atoms with Gasteiger partial charge in [-0.15, -0.1) is 11.3 Å². The minimum atomic E-state index is 0.0518. The number of carbonyl (C=O) groups excluding carboxylic acids is 1. The van der Waals surface area contributed by atoms with Crippen molar-refractivity contribution in [2.24, 2.45) is 0 Å². The Morgan fingerprint density at radius 2 is 1.95 bits per heavy atom. The van der Waals surface area contributed by atoms with Crippen molar-refractivity contribution in [3.63, 3.8) is 0 Å². The van der Waals surface area contributed by atoms with E-state index < -0.39 is 0 Å². The molecule has 0 bridgehead atoms. The number of thiophene rings is 1. The van der Waals surface area contributed by atoms with Crippen LogP contribution in [0, 0.1) is 0 Å². The van der Waals surface area contributed by atoms with Gasteiger partial charge in [-0.3, -0.25) is 4.79 Å². The van der Waals surface area contributed by atoms with E-state index in [1.807, 2.05) is 24.3 Å². The van der Waals surface area contributed by atoms with E-state index in [9.17, 15) is 4.79 Å². The average molecular weight is 334 g/mol. The monoisotopic (exact) mass is 333 g/mol. The van der Waals surface area contributed by atoms with Gasteiger partial charge in [-0.2, -0.15) is 0 Å². The van der Waals surface area contributed by atoms with E-state index in [-0.39, 0.29) is 11.3 Å². The van der Waals surface area contributed by atoms with Gasteiger partial charge >= 0.3 is 0 Å². The first-order chi connectivity index (χ1) is 10.7. The van der Waals surface area contributed by atoms with E-state index in [2.05, 4.69) is 22.8 Å². The Balaban J connectivity index is 1.63. The van der Waals surface area contributed by atoms with Crippen molar-refractivity contribution in [1.82, 2.24) is 5.32 Å². The second kappa shape index (κ2) is 6.84. The van der Waals surface area contributed by atoms with E-state index in [1.165, 1.54) is 30.6 Å². The third kappa shape index (κ3) is 3.36. The summed E-state index contributed by atoms with van der Waals surface area (Å²) in [6.45, 7) is 0.733. The van der Waals surface area contributed by atoms with Gasteiger partial charge in [0.25, 0.3) is 0 Å². The summed E-state index contributed by atoms with van der Waals surface area (Å²) in [6.07, 6.45) is 5.18. The van der Waals surface area contributed by atoms with Gasteiger partial charge < -0.3 is 5.32 Å². The first-order valence-electron chi connectivity index (χ1n) is 7.74. The lowest BCUT2D eigenvalue weighted by Gasteiger charge is -2.28. The number of carbonyl (C=O) groups is 1. The van der Waals surface area contributed by atoms with Gasteiger partial charge in [-0.05, 0) is 35.9 Å². The van der Waals surface area contributed by atoms with Crippen LogP contribution in [0.3, 0.4) is 0 Å². The molecule has 0 spiro atoms. The quantitative estimate of drug-likeness (QED) is 0.853. The van der Waals surface area contributed by atoms with Crippen molar-refractivity contribution in [2.45, 2.75) is 37.5 Å². The minimum absolute atomic E-state index is 0.0518. The molecule has 0 saturated heterocycles. The van der Waals surface area contributed by atoms with Gasteiger partial charge in [-0.1, -0.05) is 48.7 Å². The number of benzene rings is 1. The fourth-order valence-electron chi connectivity index (χ4n) is 3.29. The summed E-state index contributed by atoms with van der Waals surface area (Å²) >= 11 is 7.93. The molecule has 1 fully saturated rings. The standard InChI is InChI=1S/C18H20ClNOS/c19-15-7-2-1-6-14(15)12-17(21)20-13-18(9-3-4-10-18)16-8-5-11-22-16/h1-2,5-8,11H,3-4,9-10,12-13H2,(H,20,21). The Hall–Kier alpha value is -1.32. The molecule has 0 radical (unpaired) electrons. The molecule has 0 atom stereocenters. The van der Waals surface area contributed by atoms with E-state index >= 15 is 0 Å². The van der Waals surface area contributed by atoms with Crippen LogP contribution in [0.2, 0.25) is 5.02 Å². The van der Waals surface area contributed by atoms with Gasteiger partial charge in [0, 0.05) is 21.9 Å². The van der Waals surface area contributed by atoms with Crippen LogP contribution >= 0.6 is 22.9 Å². The van der Waals surface area contributed by atoms with Gasteiger partial charge in [0.2, 0.25) is 5.91 Å². The minimum Gasteiger partial charge on any atom is -0.355 e. The van der Waals surface area contributed by atoms with Crippen molar-refractivity contribution in [2.75, 3.05) is 6.54 Å². The van der Waals surface area contributed by atoms with Crippen LogP contribution in [0.4, 0.5) is 0 Å². The summed E-state index contributed by atoms with van der Waals surface area (Å²) in [5.74, 6) is 0.0518. The number of halogens is 1. The first kappa shape index (κ1) is 15.6. The van der Waals surface area contributed by atoms with Gasteiger partial charge in [-0.25, -0.2) is 0 Å². The molecule has 0 aliphatic heterocycles. The Bertz CT molecular complexity index is 632. The van der Waals surface area contributed by atoms with Crippen molar-refractivity contribution < 1.29 is 4.79 Å². The van der Waals surface area contributed by atoms with E-state index in [1.54, 1.807) is 11.3 Å². The lowest BCUT2D eigenvalue weighted by atomic mass is 9.84. The van der Waals surface area contributed by atoms with Crippen LogP contribution in [-0.4, -0.2) is 12.5 Å². The highest BCUT2D eigenvalue weighted by Crippen LogP contribution is 2.42. The summed E-state index contributed by atoms with van der Waals surface area (Å²) in [6, 6.07) is 11.8. The van der Waals surface area contributed by atoms with Crippen LogP contribution in [0.25, 0.3) is 0 Å². The molecule has 1 saturated carbocycles. The van der Waals surface area contributed by atoms with Crippen molar-refractivity contribution in [3.05, 3.63) is 57.2 Å².